The van der Waals surface area contributed by atoms with Crippen LogP contribution in [0.1, 0.15) is 9.80 Å². The first kappa shape index (κ1) is 13.3. The van der Waals surface area contributed by atoms with E-state index in [0.717, 1.165) is 11.3 Å². The molecule has 1 amide bonds. The number of benzene rings is 1. The maximum atomic E-state index is 12.1. The number of carbonyl (C=O) groups is 1. The third-order valence-corrected chi connectivity index (χ3v) is 3.63. The van der Waals surface area contributed by atoms with E-state index in [1.54, 1.807) is 25.3 Å². The molecule has 0 aliphatic carbocycles. The Hall–Kier alpha value is -2.68. The van der Waals surface area contributed by atoms with Gasteiger partial charge in [0.1, 0.15) is 6.33 Å². The van der Waals surface area contributed by atoms with Gasteiger partial charge in [-0.2, -0.15) is 4.52 Å². The Balaban J connectivity index is 1.82. The van der Waals surface area contributed by atoms with Gasteiger partial charge in [0.05, 0.1) is 14.2 Å². The molecule has 0 radical (unpaired) electrons. The summed E-state index contributed by atoms with van der Waals surface area (Å²) in [4.78, 5) is 12.7. The number of rotatable bonds is 4. The van der Waals surface area contributed by atoms with Gasteiger partial charge in [-0.05, 0) is 12.1 Å². The molecular formula is C12H11N5O3S. The number of anilines is 1. The van der Waals surface area contributed by atoms with Crippen molar-refractivity contribution in [3.05, 3.63) is 29.5 Å². The number of hydrogen-bond acceptors (Lipinski definition) is 7. The maximum Gasteiger partial charge on any atom is 0.286 e. The smallest absolute Gasteiger partial charge is 0.286 e. The number of hydrogen-bond donors (Lipinski definition) is 1. The van der Waals surface area contributed by atoms with Gasteiger partial charge in [-0.1, -0.05) is 11.3 Å². The van der Waals surface area contributed by atoms with Crippen molar-refractivity contribution in [2.45, 2.75) is 0 Å². The van der Waals surface area contributed by atoms with E-state index in [0.29, 0.717) is 27.2 Å². The lowest BCUT2D eigenvalue weighted by Gasteiger charge is -2.09. The SMILES string of the molecule is COc1ccc(NC(=O)c2nn3cnnc3s2)cc1OC. The van der Waals surface area contributed by atoms with Gasteiger partial charge < -0.3 is 14.8 Å². The minimum Gasteiger partial charge on any atom is -0.493 e. The predicted molar refractivity (Wildman–Crippen MR) is 76.2 cm³/mol. The predicted octanol–water partition coefficient (Wildman–Crippen LogP) is 1.46. The number of fused-ring (bicyclic) bond motifs is 1. The molecule has 0 atom stereocenters. The Morgan fingerprint density at radius 1 is 1.29 bits per heavy atom. The Labute approximate surface area is 123 Å². The molecule has 0 saturated carbocycles. The Bertz CT molecular complexity index is 769. The van der Waals surface area contributed by atoms with Crippen molar-refractivity contribution in [3.8, 4) is 11.5 Å². The van der Waals surface area contributed by atoms with Crippen molar-refractivity contribution in [1.82, 2.24) is 19.8 Å². The zero-order valence-electron chi connectivity index (χ0n) is 11.2. The molecule has 21 heavy (non-hydrogen) atoms. The fraction of sp³-hybridized carbons (Fsp3) is 0.167. The normalized spacial score (nSPS) is 10.6. The molecule has 1 aromatic carbocycles. The lowest BCUT2D eigenvalue weighted by Crippen LogP contribution is -2.12. The number of nitrogens with one attached hydrogen (secondary N) is 1. The van der Waals surface area contributed by atoms with E-state index in [9.17, 15) is 4.79 Å². The van der Waals surface area contributed by atoms with Gasteiger partial charge in [0.25, 0.3) is 5.91 Å². The van der Waals surface area contributed by atoms with Crippen molar-refractivity contribution in [1.29, 1.82) is 0 Å². The summed E-state index contributed by atoms with van der Waals surface area (Å²) in [6, 6.07) is 5.11. The summed E-state index contributed by atoms with van der Waals surface area (Å²) in [5.41, 5.74) is 0.587. The molecule has 0 aliphatic heterocycles. The van der Waals surface area contributed by atoms with Crippen LogP contribution in [0.3, 0.4) is 0 Å². The summed E-state index contributed by atoms with van der Waals surface area (Å²) in [6.07, 6.45) is 1.44. The summed E-state index contributed by atoms with van der Waals surface area (Å²) < 4.78 is 11.8. The van der Waals surface area contributed by atoms with Crippen LogP contribution in [0.5, 0.6) is 11.5 Å². The largest absolute Gasteiger partial charge is 0.493 e. The summed E-state index contributed by atoms with van der Waals surface area (Å²) in [5, 5.41) is 14.7. The molecule has 8 nitrogen and oxygen atoms in total. The molecule has 9 heteroatoms. The monoisotopic (exact) mass is 305 g/mol. The Morgan fingerprint density at radius 3 is 2.81 bits per heavy atom. The first-order chi connectivity index (χ1) is 10.2. The fourth-order valence-corrected chi connectivity index (χ4v) is 2.47. The minimum absolute atomic E-state index is 0.301. The van der Waals surface area contributed by atoms with Crippen LogP contribution in [0.25, 0.3) is 4.96 Å². The lowest BCUT2D eigenvalue weighted by molar-refractivity contribution is 0.102. The third kappa shape index (κ3) is 2.50. The van der Waals surface area contributed by atoms with Crippen molar-refractivity contribution >= 4 is 27.9 Å². The molecule has 0 bridgehead atoms. The fourth-order valence-electron chi connectivity index (χ4n) is 1.75. The maximum absolute atomic E-state index is 12.1. The van der Waals surface area contributed by atoms with Gasteiger partial charge in [0.15, 0.2) is 11.5 Å². The molecular weight excluding hydrogens is 294 g/mol. The molecule has 0 spiro atoms. The van der Waals surface area contributed by atoms with Gasteiger partial charge in [0.2, 0.25) is 9.97 Å². The van der Waals surface area contributed by atoms with E-state index < -0.39 is 0 Å². The Morgan fingerprint density at radius 2 is 2.10 bits per heavy atom. The standard InChI is InChI=1S/C12H11N5O3S/c1-19-8-4-3-7(5-9(8)20-2)14-10(18)11-16-17-6-13-15-12(17)21-11/h3-6H,1-2H3,(H,14,18). The average Bonchev–Trinajstić information content (AvgIpc) is 3.08. The second kappa shape index (κ2) is 5.37. The zero-order chi connectivity index (χ0) is 14.8. The van der Waals surface area contributed by atoms with Gasteiger partial charge in [-0.3, -0.25) is 4.79 Å². The second-order valence-corrected chi connectivity index (χ2v) is 4.95. The number of methoxy groups -OCH3 is 2. The van der Waals surface area contributed by atoms with Gasteiger partial charge in [-0.15, -0.1) is 15.3 Å². The highest BCUT2D eigenvalue weighted by atomic mass is 32.1. The highest BCUT2D eigenvalue weighted by molar-refractivity contribution is 7.18. The summed E-state index contributed by atoms with van der Waals surface area (Å²) in [7, 11) is 3.09. The first-order valence-corrected chi connectivity index (χ1v) is 6.73. The molecule has 3 rings (SSSR count). The minimum atomic E-state index is -0.322. The van der Waals surface area contributed by atoms with E-state index in [-0.39, 0.29) is 5.91 Å². The van der Waals surface area contributed by atoms with E-state index in [4.69, 9.17) is 9.47 Å². The number of ether oxygens (including phenoxy) is 2. The molecule has 0 saturated heterocycles. The van der Waals surface area contributed by atoms with Crippen LogP contribution in [0.4, 0.5) is 5.69 Å². The van der Waals surface area contributed by atoms with E-state index in [1.165, 1.54) is 18.0 Å². The molecule has 2 aromatic heterocycles. The van der Waals surface area contributed by atoms with E-state index in [2.05, 4.69) is 20.6 Å². The highest BCUT2D eigenvalue weighted by Gasteiger charge is 2.14. The second-order valence-electron chi connectivity index (χ2n) is 3.99. The topological polar surface area (TPSA) is 90.6 Å². The van der Waals surface area contributed by atoms with E-state index >= 15 is 0 Å². The number of aromatic nitrogens is 4. The summed E-state index contributed by atoms with van der Waals surface area (Å²) in [5.74, 6) is 0.806. The average molecular weight is 305 g/mol. The van der Waals surface area contributed by atoms with Crippen LogP contribution in [-0.2, 0) is 0 Å². The Kier molecular flexibility index (Phi) is 3.40. The molecule has 0 aliphatic rings. The number of amides is 1. The third-order valence-electron chi connectivity index (χ3n) is 2.72. The van der Waals surface area contributed by atoms with Crippen LogP contribution in [0, 0.1) is 0 Å². The van der Waals surface area contributed by atoms with Crippen molar-refractivity contribution in [2.75, 3.05) is 19.5 Å². The van der Waals surface area contributed by atoms with Crippen LogP contribution >= 0.6 is 11.3 Å². The van der Waals surface area contributed by atoms with Crippen molar-refractivity contribution in [3.63, 3.8) is 0 Å². The molecule has 108 valence electrons. The van der Waals surface area contributed by atoms with Crippen LogP contribution in [-0.4, -0.2) is 39.9 Å². The van der Waals surface area contributed by atoms with E-state index in [1.807, 2.05) is 0 Å². The van der Waals surface area contributed by atoms with Gasteiger partial charge in [0, 0.05) is 11.8 Å². The quantitative estimate of drug-likeness (QED) is 0.784. The molecule has 0 fully saturated rings. The molecule has 1 N–H and O–H groups in total. The van der Waals surface area contributed by atoms with Crippen LogP contribution in [0.2, 0.25) is 0 Å². The zero-order valence-corrected chi connectivity index (χ0v) is 12.0. The van der Waals surface area contributed by atoms with Crippen LogP contribution < -0.4 is 14.8 Å². The molecule has 3 aromatic rings. The number of carbonyl (C=O) groups excluding carboxylic acids is 1. The van der Waals surface area contributed by atoms with Crippen molar-refractivity contribution < 1.29 is 14.3 Å². The summed E-state index contributed by atoms with van der Waals surface area (Å²) >= 11 is 1.16. The highest BCUT2D eigenvalue weighted by Crippen LogP contribution is 2.30. The van der Waals surface area contributed by atoms with Gasteiger partial charge >= 0.3 is 0 Å². The summed E-state index contributed by atoms with van der Waals surface area (Å²) in [6.45, 7) is 0. The van der Waals surface area contributed by atoms with Crippen molar-refractivity contribution in [2.24, 2.45) is 0 Å². The lowest BCUT2D eigenvalue weighted by atomic mass is 10.2. The number of nitrogens with zero attached hydrogens (tertiary/aromatic N) is 4. The van der Waals surface area contributed by atoms with Gasteiger partial charge in [-0.25, -0.2) is 0 Å². The molecule has 0 unspecified atom stereocenters. The first-order valence-electron chi connectivity index (χ1n) is 5.91. The van der Waals surface area contributed by atoms with Crippen LogP contribution in [0.15, 0.2) is 24.5 Å². The molecule has 2 heterocycles.